The van der Waals surface area contributed by atoms with Gasteiger partial charge in [0.15, 0.2) is 6.73 Å². The van der Waals surface area contributed by atoms with Gasteiger partial charge in [-0.3, -0.25) is 4.79 Å². The third kappa shape index (κ3) is 2.59. The van der Waals surface area contributed by atoms with Gasteiger partial charge < -0.3 is 4.74 Å². The fourth-order valence-corrected chi connectivity index (χ4v) is 3.68. The number of rotatable bonds is 3. The molecule has 0 saturated carbocycles. The van der Waals surface area contributed by atoms with Crippen molar-refractivity contribution in [2.75, 3.05) is 6.73 Å². The third-order valence-electron chi connectivity index (χ3n) is 3.51. The van der Waals surface area contributed by atoms with Crippen LogP contribution in [0.4, 0.5) is 0 Å². The highest BCUT2D eigenvalue weighted by atomic mass is 32.2. The standard InChI is InChI=1S/C16H13NO5S/c1-11-6-8-12(9-7-11)16(19)22-10-17-15(18)13-4-2-3-5-14(13)23(17,20)21/h2-9H,10H2,1H3. The number of sulfonamides is 1. The number of nitrogens with zero attached hydrogens (tertiary/aromatic N) is 1. The molecule has 0 saturated heterocycles. The number of aryl methyl sites for hydroxylation is 1. The van der Waals surface area contributed by atoms with E-state index in [0.29, 0.717) is 4.31 Å². The van der Waals surface area contributed by atoms with Gasteiger partial charge in [-0.1, -0.05) is 29.8 Å². The summed E-state index contributed by atoms with van der Waals surface area (Å²) in [5.41, 5.74) is 1.35. The van der Waals surface area contributed by atoms with E-state index in [2.05, 4.69) is 0 Å². The van der Waals surface area contributed by atoms with Crippen molar-refractivity contribution in [3.63, 3.8) is 0 Å². The van der Waals surface area contributed by atoms with Gasteiger partial charge in [0, 0.05) is 0 Å². The fraction of sp³-hybridized carbons (Fsp3) is 0.125. The lowest BCUT2D eigenvalue weighted by Crippen LogP contribution is -2.33. The number of hydrogen-bond acceptors (Lipinski definition) is 5. The molecular weight excluding hydrogens is 318 g/mol. The van der Waals surface area contributed by atoms with Crippen molar-refractivity contribution in [1.82, 2.24) is 4.31 Å². The van der Waals surface area contributed by atoms with Crippen LogP contribution in [0.25, 0.3) is 0 Å². The molecule has 118 valence electrons. The Kier molecular flexibility index (Phi) is 3.65. The molecule has 0 aromatic heterocycles. The zero-order chi connectivity index (χ0) is 16.6. The number of esters is 1. The van der Waals surface area contributed by atoms with Crippen LogP contribution < -0.4 is 0 Å². The highest BCUT2D eigenvalue weighted by Gasteiger charge is 2.41. The van der Waals surface area contributed by atoms with E-state index in [9.17, 15) is 18.0 Å². The van der Waals surface area contributed by atoms with Crippen molar-refractivity contribution in [1.29, 1.82) is 0 Å². The lowest BCUT2D eigenvalue weighted by molar-refractivity contribution is 0.0358. The summed E-state index contributed by atoms with van der Waals surface area (Å²) in [7, 11) is -3.97. The quantitative estimate of drug-likeness (QED) is 0.803. The highest BCUT2D eigenvalue weighted by Crippen LogP contribution is 2.29. The predicted octanol–water partition coefficient (Wildman–Crippen LogP) is 1.95. The van der Waals surface area contributed by atoms with Crippen molar-refractivity contribution in [2.45, 2.75) is 11.8 Å². The first kappa shape index (κ1) is 15.2. The third-order valence-corrected chi connectivity index (χ3v) is 5.28. The molecule has 7 heteroatoms. The molecule has 0 aliphatic carbocycles. The Hall–Kier alpha value is -2.67. The van der Waals surface area contributed by atoms with Crippen molar-refractivity contribution < 1.29 is 22.7 Å². The van der Waals surface area contributed by atoms with Crippen molar-refractivity contribution in [3.05, 3.63) is 65.2 Å². The van der Waals surface area contributed by atoms with Crippen molar-refractivity contribution in [2.24, 2.45) is 0 Å². The first-order chi connectivity index (χ1) is 10.9. The van der Waals surface area contributed by atoms with Gasteiger partial charge in [0.1, 0.15) is 4.90 Å². The van der Waals surface area contributed by atoms with Gasteiger partial charge in [0.2, 0.25) is 0 Å². The molecule has 0 atom stereocenters. The molecule has 0 fully saturated rings. The second-order valence-corrected chi connectivity index (χ2v) is 6.91. The van der Waals surface area contributed by atoms with Gasteiger partial charge >= 0.3 is 5.97 Å². The number of hydrogen-bond donors (Lipinski definition) is 0. The summed E-state index contributed by atoms with van der Waals surface area (Å²) < 4.78 is 30.1. The van der Waals surface area contributed by atoms with E-state index in [1.807, 2.05) is 6.92 Å². The SMILES string of the molecule is Cc1ccc(C(=O)OCN2C(=O)c3ccccc3S2(=O)=O)cc1. The largest absolute Gasteiger partial charge is 0.439 e. The maximum atomic E-state index is 12.3. The van der Waals surface area contributed by atoms with Crippen LogP contribution in [0.3, 0.4) is 0 Å². The molecule has 2 aromatic carbocycles. The fourth-order valence-electron chi connectivity index (χ4n) is 2.25. The second-order valence-electron chi connectivity index (χ2n) is 5.08. The Morgan fingerprint density at radius 3 is 2.39 bits per heavy atom. The summed E-state index contributed by atoms with van der Waals surface area (Å²) >= 11 is 0. The molecule has 3 rings (SSSR count). The molecule has 23 heavy (non-hydrogen) atoms. The molecule has 0 N–H and O–H groups in total. The van der Waals surface area contributed by atoms with Gasteiger partial charge in [0.05, 0.1) is 11.1 Å². The molecule has 1 aliphatic rings. The van der Waals surface area contributed by atoms with E-state index in [-0.39, 0.29) is 16.0 Å². The van der Waals surface area contributed by atoms with E-state index in [1.165, 1.54) is 18.2 Å². The lowest BCUT2D eigenvalue weighted by Gasteiger charge is -2.15. The van der Waals surface area contributed by atoms with Crippen molar-refractivity contribution in [3.8, 4) is 0 Å². The first-order valence-electron chi connectivity index (χ1n) is 6.81. The summed E-state index contributed by atoms with van der Waals surface area (Å²) in [6.45, 7) is 1.23. The summed E-state index contributed by atoms with van der Waals surface area (Å²) in [6.07, 6.45) is 0. The minimum Gasteiger partial charge on any atom is -0.439 e. The topological polar surface area (TPSA) is 80.8 Å². The number of ether oxygens (including phenoxy) is 1. The monoisotopic (exact) mass is 331 g/mol. The first-order valence-corrected chi connectivity index (χ1v) is 8.25. The Balaban J connectivity index is 1.78. The summed E-state index contributed by atoms with van der Waals surface area (Å²) in [5.74, 6) is -1.39. The van der Waals surface area contributed by atoms with Gasteiger partial charge in [-0.25, -0.2) is 13.2 Å². The molecule has 0 bridgehead atoms. The minimum atomic E-state index is -3.97. The Labute approximate surface area is 133 Å². The average molecular weight is 331 g/mol. The maximum Gasteiger partial charge on any atom is 0.339 e. The van der Waals surface area contributed by atoms with Gasteiger partial charge in [0.25, 0.3) is 15.9 Å². The van der Waals surface area contributed by atoms with Crippen molar-refractivity contribution >= 4 is 21.9 Å². The molecule has 1 amide bonds. The van der Waals surface area contributed by atoms with E-state index in [1.54, 1.807) is 30.3 Å². The van der Waals surface area contributed by atoms with Crippen LogP contribution in [0.5, 0.6) is 0 Å². The van der Waals surface area contributed by atoms with Crippen LogP contribution >= 0.6 is 0 Å². The molecule has 0 spiro atoms. The number of carbonyl (C=O) groups is 2. The van der Waals surface area contributed by atoms with Crippen LogP contribution in [0.2, 0.25) is 0 Å². The Morgan fingerprint density at radius 2 is 1.74 bits per heavy atom. The van der Waals surface area contributed by atoms with Gasteiger partial charge in [-0.15, -0.1) is 0 Å². The summed E-state index contributed by atoms with van der Waals surface area (Å²) in [4.78, 5) is 24.0. The van der Waals surface area contributed by atoms with E-state index in [4.69, 9.17) is 4.74 Å². The number of fused-ring (bicyclic) bond motifs is 1. The lowest BCUT2D eigenvalue weighted by atomic mass is 10.1. The zero-order valence-corrected chi connectivity index (χ0v) is 13.0. The Bertz CT molecular complexity index is 887. The maximum absolute atomic E-state index is 12.3. The summed E-state index contributed by atoms with van der Waals surface area (Å²) in [5, 5.41) is 0. The van der Waals surface area contributed by atoms with Crippen LogP contribution in [0.15, 0.2) is 53.4 Å². The number of amides is 1. The highest BCUT2D eigenvalue weighted by molar-refractivity contribution is 7.90. The minimum absolute atomic E-state index is 0.0728. The normalized spacial score (nSPS) is 15.3. The molecular formula is C16H13NO5S. The zero-order valence-electron chi connectivity index (χ0n) is 12.2. The second kappa shape index (κ2) is 5.51. The molecule has 2 aromatic rings. The van der Waals surface area contributed by atoms with E-state index >= 15 is 0 Å². The summed E-state index contributed by atoms with van der Waals surface area (Å²) in [6, 6.07) is 12.5. The molecule has 1 aliphatic heterocycles. The van der Waals surface area contributed by atoms with Crippen LogP contribution in [0.1, 0.15) is 26.3 Å². The number of carbonyl (C=O) groups excluding carboxylic acids is 2. The van der Waals surface area contributed by atoms with E-state index < -0.39 is 28.6 Å². The molecule has 6 nitrogen and oxygen atoms in total. The molecule has 1 heterocycles. The van der Waals surface area contributed by atoms with E-state index in [0.717, 1.165) is 5.56 Å². The van der Waals surface area contributed by atoms with Crippen LogP contribution in [-0.2, 0) is 14.8 Å². The molecule has 0 unspecified atom stereocenters. The Morgan fingerprint density at radius 1 is 1.09 bits per heavy atom. The smallest absolute Gasteiger partial charge is 0.339 e. The van der Waals surface area contributed by atoms with Gasteiger partial charge in [-0.05, 0) is 31.2 Å². The van der Waals surface area contributed by atoms with Crippen LogP contribution in [-0.4, -0.2) is 31.3 Å². The average Bonchev–Trinajstić information content (AvgIpc) is 2.73. The van der Waals surface area contributed by atoms with Crippen LogP contribution in [0, 0.1) is 6.92 Å². The number of benzene rings is 2. The predicted molar refractivity (Wildman–Crippen MR) is 81.3 cm³/mol. The van der Waals surface area contributed by atoms with Gasteiger partial charge in [-0.2, -0.15) is 4.31 Å². The molecule has 0 radical (unpaired) electrons.